The van der Waals surface area contributed by atoms with Crippen LogP contribution in [-0.4, -0.2) is 33.5 Å². The Hall–Kier alpha value is -3.28. The summed E-state index contributed by atoms with van der Waals surface area (Å²) in [7, 11) is 0. The summed E-state index contributed by atoms with van der Waals surface area (Å²) < 4.78 is 0. The van der Waals surface area contributed by atoms with Crippen LogP contribution in [0.5, 0.6) is 0 Å². The van der Waals surface area contributed by atoms with Crippen LogP contribution in [0.15, 0.2) is 54.7 Å². The quantitative estimate of drug-likeness (QED) is 0.596. The van der Waals surface area contributed by atoms with Crippen LogP contribution in [0.2, 0.25) is 0 Å². The second-order valence-corrected chi connectivity index (χ2v) is 6.25. The van der Waals surface area contributed by atoms with E-state index in [2.05, 4.69) is 15.3 Å². The number of hydrogen-bond acceptors (Lipinski definition) is 4. The number of fused-ring (bicyclic) bond motifs is 1. The first-order chi connectivity index (χ1) is 13.1. The Balaban J connectivity index is 1.76. The second-order valence-electron chi connectivity index (χ2n) is 6.25. The minimum absolute atomic E-state index is 0.163. The molecule has 138 valence electrons. The highest BCUT2D eigenvalue weighted by atomic mass is 16.4. The van der Waals surface area contributed by atoms with Gasteiger partial charge in [0.2, 0.25) is 0 Å². The Morgan fingerprint density at radius 3 is 2.56 bits per heavy atom. The first-order valence-electron chi connectivity index (χ1n) is 8.96. The number of benzene rings is 1. The minimum atomic E-state index is -0.788. The highest BCUT2D eigenvalue weighted by molar-refractivity contribution is 6.07. The Morgan fingerprint density at radius 1 is 0.963 bits per heavy atom. The van der Waals surface area contributed by atoms with Crippen LogP contribution in [-0.2, 0) is 4.79 Å². The number of hydrogen-bond donors (Lipinski definition) is 2. The van der Waals surface area contributed by atoms with Crippen molar-refractivity contribution in [1.82, 2.24) is 15.3 Å². The number of rotatable bonds is 8. The highest BCUT2D eigenvalue weighted by Crippen LogP contribution is 2.23. The summed E-state index contributed by atoms with van der Waals surface area (Å²) >= 11 is 0. The van der Waals surface area contributed by atoms with E-state index in [9.17, 15) is 9.59 Å². The van der Waals surface area contributed by atoms with E-state index in [1.807, 2.05) is 42.5 Å². The largest absolute Gasteiger partial charge is 0.481 e. The maximum atomic E-state index is 12.7. The third-order valence-corrected chi connectivity index (χ3v) is 4.24. The Morgan fingerprint density at radius 2 is 1.78 bits per heavy atom. The van der Waals surface area contributed by atoms with Gasteiger partial charge in [-0.25, -0.2) is 4.98 Å². The van der Waals surface area contributed by atoms with E-state index in [1.165, 1.54) is 0 Å². The summed E-state index contributed by atoms with van der Waals surface area (Å²) in [5.41, 5.74) is 2.67. The topological polar surface area (TPSA) is 92.2 Å². The Kier molecular flexibility index (Phi) is 6.10. The summed E-state index contributed by atoms with van der Waals surface area (Å²) in [6.45, 7) is 0.508. The highest BCUT2D eigenvalue weighted by Gasteiger charge is 2.14. The normalized spacial score (nSPS) is 10.7. The number of nitrogens with one attached hydrogen (secondary N) is 1. The van der Waals surface area contributed by atoms with Crippen LogP contribution in [0, 0.1) is 0 Å². The van der Waals surface area contributed by atoms with E-state index in [0.717, 1.165) is 23.7 Å². The molecule has 2 heterocycles. The molecule has 0 aliphatic heterocycles. The number of amides is 1. The molecular weight excluding hydrogens is 342 g/mol. The van der Waals surface area contributed by atoms with Gasteiger partial charge in [0, 0.05) is 24.5 Å². The zero-order chi connectivity index (χ0) is 19.1. The maximum absolute atomic E-state index is 12.7. The molecule has 6 heteroatoms. The number of aliphatic carboxylic acids is 1. The van der Waals surface area contributed by atoms with Crippen molar-refractivity contribution < 1.29 is 14.7 Å². The lowest BCUT2D eigenvalue weighted by Gasteiger charge is -2.10. The fraction of sp³-hybridized carbons (Fsp3) is 0.238. The maximum Gasteiger partial charge on any atom is 0.303 e. The molecule has 3 rings (SSSR count). The van der Waals surface area contributed by atoms with Crippen LogP contribution in [0.25, 0.3) is 22.3 Å². The van der Waals surface area contributed by atoms with Crippen LogP contribution in [0.3, 0.4) is 0 Å². The SMILES string of the molecule is O=C(O)CCCCCNC(=O)c1cc(-c2ccccn2)nc2ccccc12. The van der Waals surface area contributed by atoms with Crippen molar-refractivity contribution in [2.75, 3.05) is 6.54 Å². The summed E-state index contributed by atoms with van der Waals surface area (Å²) in [6, 6.07) is 14.9. The molecule has 0 atom stereocenters. The first kappa shape index (κ1) is 18.5. The molecular formula is C21H21N3O3. The molecule has 0 unspecified atom stereocenters. The molecule has 3 aromatic rings. The standard InChI is InChI=1S/C21H21N3O3/c25-20(26)11-2-1-6-13-23-21(27)16-14-19(18-10-5-7-12-22-18)24-17-9-4-3-8-15(16)17/h3-5,7-10,12,14H,1-2,6,11,13H2,(H,23,27)(H,25,26). The summed E-state index contributed by atoms with van der Waals surface area (Å²) in [5.74, 6) is -0.951. The number of aromatic nitrogens is 2. The van der Waals surface area contributed by atoms with Gasteiger partial charge in [-0.3, -0.25) is 14.6 Å². The number of pyridine rings is 2. The van der Waals surface area contributed by atoms with Crippen molar-refractivity contribution in [1.29, 1.82) is 0 Å². The third kappa shape index (κ3) is 4.88. The van der Waals surface area contributed by atoms with E-state index in [4.69, 9.17) is 5.11 Å². The molecule has 0 fully saturated rings. The lowest BCUT2D eigenvalue weighted by Crippen LogP contribution is -2.25. The van der Waals surface area contributed by atoms with Crippen molar-refractivity contribution in [2.24, 2.45) is 0 Å². The smallest absolute Gasteiger partial charge is 0.303 e. The van der Waals surface area contributed by atoms with Crippen molar-refractivity contribution in [3.05, 3.63) is 60.3 Å². The second kappa shape index (κ2) is 8.89. The average Bonchev–Trinajstić information content (AvgIpc) is 2.70. The number of carbonyl (C=O) groups excluding carboxylic acids is 1. The van der Waals surface area contributed by atoms with Gasteiger partial charge >= 0.3 is 5.97 Å². The molecule has 0 saturated carbocycles. The molecule has 2 N–H and O–H groups in total. The predicted octanol–water partition coefficient (Wildman–Crippen LogP) is 3.67. The van der Waals surface area contributed by atoms with Gasteiger partial charge in [0.15, 0.2) is 0 Å². The molecule has 1 aromatic carbocycles. The average molecular weight is 363 g/mol. The molecule has 6 nitrogen and oxygen atoms in total. The van der Waals surface area contributed by atoms with Crippen LogP contribution in [0.1, 0.15) is 36.0 Å². The molecule has 0 bridgehead atoms. The third-order valence-electron chi connectivity index (χ3n) is 4.24. The van der Waals surface area contributed by atoms with Crippen molar-refractivity contribution >= 4 is 22.8 Å². The number of nitrogens with zero attached hydrogens (tertiary/aromatic N) is 2. The Bertz CT molecular complexity index is 942. The molecule has 2 aromatic heterocycles. The molecule has 27 heavy (non-hydrogen) atoms. The zero-order valence-corrected chi connectivity index (χ0v) is 14.9. The van der Waals surface area contributed by atoms with Gasteiger partial charge in [-0.2, -0.15) is 0 Å². The van der Waals surface area contributed by atoms with E-state index in [-0.39, 0.29) is 12.3 Å². The number of para-hydroxylation sites is 1. The fourth-order valence-electron chi connectivity index (χ4n) is 2.88. The Labute approximate surface area is 157 Å². The summed E-state index contributed by atoms with van der Waals surface area (Å²) in [6.07, 6.45) is 3.99. The van der Waals surface area contributed by atoms with Crippen LogP contribution >= 0.6 is 0 Å². The molecule has 0 spiro atoms. The van der Waals surface area contributed by atoms with Crippen molar-refractivity contribution in [3.8, 4) is 11.4 Å². The zero-order valence-electron chi connectivity index (χ0n) is 14.9. The summed E-state index contributed by atoms with van der Waals surface area (Å²) in [5, 5.41) is 12.4. The van der Waals surface area contributed by atoms with Gasteiger partial charge in [-0.05, 0) is 37.1 Å². The minimum Gasteiger partial charge on any atom is -0.481 e. The lowest BCUT2D eigenvalue weighted by atomic mass is 10.1. The van der Waals surface area contributed by atoms with Crippen LogP contribution in [0.4, 0.5) is 0 Å². The summed E-state index contributed by atoms with van der Waals surface area (Å²) in [4.78, 5) is 32.2. The lowest BCUT2D eigenvalue weighted by molar-refractivity contribution is -0.137. The first-order valence-corrected chi connectivity index (χ1v) is 8.96. The predicted molar refractivity (Wildman–Crippen MR) is 103 cm³/mol. The number of carboxylic acid groups (broad SMARTS) is 1. The number of carboxylic acids is 1. The molecule has 1 amide bonds. The fourth-order valence-corrected chi connectivity index (χ4v) is 2.88. The molecule has 0 saturated heterocycles. The van der Waals surface area contributed by atoms with E-state index < -0.39 is 5.97 Å². The monoisotopic (exact) mass is 363 g/mol. The molecule has 0 radical (unpaired) electrons. The van der Waals surface area contributed by atoms with Crippen LogP contribution < -0.4 is 5.32 Å². The van der Waals surface area contributed by atoms with Gasteiger partial charge in [0.05, 0.1) is 22.5 Å². The van der Waals surface area contributed by atoms with E-state index >= 15 is 0 Å². The van der Waals surface area contributed by atoms with Gasteiger partial charge < -0.3 is 10.4 Å². The van der Waals surface area contributed by atoms with E-state index in [1.54, 1.807) is 12.3 Å². The van der Waals surface area contributed by atoms with Crippen molar-refractivity contribution in [2.45, 2.75) is 25.7 Å². The van der Waals surface area contributed by atoms with Gasteiger partial charge in [-0.1, -0.05) is 30.7 Å². The molecule has 0 aliphatic rings. The van der Waals surface area contributed by atoms with E-state index in [0.29, 0.717) is 29.9 Å². The van der Waals surface area contributed by atoms with Gasteiger partial charge in [0.1, 0.15) is 0 Å². The molecule has 0 aliphatic carbocycles. The number of carbonyl (C=O) groups is 2. The van der Waals surface area contributed by atoms with Crippen molar-refractivity contribution in [3.63, 3.8) is 0 Å². The van der Waals surface area contributed by atoms with Gasteiger partial charge in [-0.15, -0.1) is 0 Å². The number of unbranched alkanes of at least 4 members (excludes halogenated alkanes) is 2. The van der Waals surface area contributed by atoms with Gasteiger partial charge in [0.25, 0.3) is 5.91 Å².